The number of fused-ring (bicyclic) bond motifs is 1. The molecule has 0 aromatic carbocycles. The molecule has 1 aliphatic carbocycles. The number of nitrogens with zero attached hydrogens (tertiary/aromatic N) is 4. The maximum Gasteiger partial charge on any atom is 0.270 e. The van der Waals surface area contributed by atoms with Crippen molar-refractivity contribution in [2.45, 2.75) is 50.7 Å². The molecule has 0 radical (unpaired) electrons. The fourth-order valence-electron chi connectivity index (χ4n) is 5.36. The zero-order valence-electron chi connectivity index (χ0n) is 18.0. The first-order valence-corrected chi connectivity index (χ1v) is 11.5. The molecule has 3 fully saturated rings. The minimum absolute atomic E-state index is 0.0764. The summed E-state index contributed by atoms with van der Waals surface area (Å²) in [6, 6.07) is 4.92. The summed E-state index contributed by atoms with van der Waals surface area (Å²) in [5.41, 5.74) is 1.59. The van der Waals surface area contributed by atoms with E-state index in [9.17, 15) is 4.79 Å². The molecular weight excluding hydrogens is 378 g/mol. The number of methoxy groups -OCH3 is 1. The highest BCUT2D eigenvalue weighted by Gasteiger charge is 2.27. The van der Waals surface area contributed by atoms with Gasteiger partial charge >= 0.3 is 0 Å². The second-order valence-corrected chi connectivity index (χ2v) is 9.00. The number of aromatic nitrogens is 2. The summed E-state index contributed by atoms with van der Waals surface area (Å²) < 4.78 is 5.42. The molecule has 2 saturated heterocycles. The van der Waals surface area contributed by atoms with E-state index in [1.165, 1.54) is 25.7 Å². The lowest BCUT2D eigenvalue weighted by Crippen LogP contribution is -2.49. The molecule has 0 atom stereocenters. The van der Waals surface area contributed by atoms with Crippen LogP contribution in [0.25, 0.3) is 10.9 Å². The molecule has 0 unspecified atom stereocenters. The third-order valence-electron chi connectivity index (χ3n) is 7.26. The van der Waals surface area contributed by atoms with Gasteiger partial charge < -0.3 is 19.5 Å². The number of likely N-dealkylation sites (tertiary alicyclic amines) is 1. The number of nitrogens with one attached hydrogen (secondary N) is 1. The highest BCUT2D eigenvalue weighted by Crippen LogP contribution is 2.27. The predicted octanol–water partition coefficient (Wildman–Crippen LogP) is 2.88. The summed E-state index contributed by atoms with van der Waals surface area (Å²) in [7, 11) is 1.75. The lowest BCUT2D eigenvalue weighted by Gasteiger charge is -2.38. The normalized spacial score (nSPS) is 22.3. The van der Waals surface area contributed by atoms with E-state index in [-0.39, 0.29) is 12.0 Å². The molecule has 3 aliphatic rings. The number of pyridine rings is 1. The molecule has 0 bridgehead atoms. The molecule has 2 aromatic heterocycles. The number of amides is 1. The average Bonchev–Trinajstić information content (AvgIpc) is 3.48. The van der Waals surface area contributed by atoms with Crippen LogP contribution in [0.1, 0.15) is 49.0 Å². The number of aromatic amines is 1. The van der Waals surface area contributed by atoms with Crippen molar-refractivity contribution in [2.75, 3.05) is 51.3 Å². The molecule has 4 heterocycles. The second-order valence-electron chi connectivity index (χ2n) is 9.00. The minimum atomic E-state index is 0.0764. The molecule has 1 amide bonds. The first-order chi connectivity index (χ1) is 14.7. The van der Waals surface area contributed by atoms with Crippen molar-refractivity contribution in [3.8, 4) is 0 Å². The molecule has 0 spiro atoms. The van der Waals surface area contributed by atoms with Crippen LogP contribution in [0, 0.1) is 0 Å². The molecule has 2 aromatic rings. The zero-order chi connectivity index (χ0) is 20.5. The van der Waals surface area contributed by atoms with Gasteiger partial charge in [-0.3, -0.25) is 9.69 Å². The van der Waals surface area contributed by atoms with E-state index in [0.29, 0.717) is 5.69 Å². The van der Waals surface area contributed by atoms with E-state index >= 15 is 0 Å². The molecule has 7 nitrogen and oxygen atoms in total. The van der Waals surface area contributed by atoms with Crippen molar-refractivity contribution in [1.29, 1.82) is 0 Å². The van der Waals surface area contributed by atoms with Gasteiger partial charge in [-0.2, -0.15) is 0 Å². The van der Waals surface area contributed by atoms with Gasteiger partial charge in [-0.05, 0) is 37.8 Å². The van der Waals surface area contributed by atoms with Crippen LogP contribution in [0.2, 0.25) is 0 Å². The number of hydrogen-bond donors (Lipinski definition) is 1. The smallest absolute Gasteiger partial charge is 0.270 e. The lowest BCUT2D eigenvalue weighted by atomic mass is 10.1. The highest BCUT2D eigenvalue weighted by atomic mass is 16.5. The molecule has 5 rings (SSSR count). The van der Waals surface area contributed by atoms with Crippen molar-refractivity contribution in [1.82, 2.24) is 19.8 Å². The van der Waals surface area contributed by atoms with E-state index in [2.05, 4.69) is 20.9 Å². The van der Waals surface area contributed by atoms with Crippen LogP contribution in [-0.4, -0.2) is 84.2 Å². The summed E-state index contributed by atoms with van der Waals surface area (Å²) in [6.45, 7) is 5.81. The summed E-state index contributed by atoms with van der Waals surface area (Å²) in [5.74, 6) is 1.10. The molecule has 1 N–H and O–H groups in total. The van der Waals surface area contributed by atoms with Gasteiger partial charge in [0.25, 0.3) is 5.91 Å². The number of carbonyl (C=O) groups excluding carboxylic acids is 1. The van der Waals surface area contributed by atoms with Gasteiger partial charge in [0, 0.05) is 57.8 Å². The van der Waals surface area contributed by atoms with Gasteiger partial charge in [-0.15, -0.1) is 0 Å². The number of piperidine rings is 1. The van der Waals surface area contributed by atoms with Gasteiger partial charge in [-0.25, -0.2) is 4.98 Å². The van der Waals surface area contributed by atoms with E-state index in [1.807, 2.05) is 17.2 Å². The van der Waals surface area contributed by atoms with Crippen molar-refractivity contribution in [2.24, 2.45) is 0 Å². The van der Waals surface area contributed by atoms with Crippen LogP contribution in [0.15, 0.2) is 18.3 Å². The Hall–Kier alpha value is -2.12. The van der Waals surface area contributed by atoms with E-state index in [0.717, 1.165) is 74.9 Å². The van der Waals surface area contributed by atoms with Crippen molar-refractivity contribution in [3.05, 3.63) is 24.0 Å². The molecular formula is C23H33N5O2. The number of H-pyrrole nitrogens is 1. The Labute approximate surface area is 178 Å². The van der Waals surface area contributed by atoms with Gasteiger partial charge in [-0.1, -0.05) is 12.8 Å². The first-order valence-electron chi connectivity index (χ1n) is 11.5. The van der Waals surface area contributed by atoms with Gasteiger partial charge in [0.1, 0.15) is 11.5 Å². The Kier molecular flexibility index (Phi) is 5.65. The third kappa shape index (κ3) is 3.93. The van der Waals surface area contributed by atoms with Crippen LogP contribution in [0.5, 0.6) is 0 Å². The van der Waals surface area contributed by atoms with Crippen LogP contribution in [-0.2, 0) is 4.74 Å². The number of rotatable bonds is 4. The Morgan fingerprint density at radius 1 is 1.03 bits per heavy atom. The SMILES string of the molecule is COC1CCN(C(=O)c2cc3cc(N4CCN(C5CCCC5)CC4)ncc3[nH]2)CC1. The predicted molar refractivity (Wildman–Crippen MR) is 118 cm³/mol. The zero-order valence-corrected chi connectivity index (χ0v) is 18.0. The maximum atomic E-state index is 12.9. The fourth-order valence-corrected chi connectivity index (χ4v) is 5.36. The fraction of sp³-hybridized carbons (Fsp3) is 0.652. The number of hydrogen-bond acceptors (Lipinski definition) is 5. The van der Waals surface area contributed by atoms with E-state index < -0.39 is 0 Å². The van der Waals surface area contributed by atoms with Gasteiger partial charge in [0.2, 0.25) is 0 Å². The largest absolute Gasteiger partial charge is 0.381 e. The quantitative estimate of drug-likeness (QED) is 0.838. The molecule has 7 heteroatoms. The first kappa shape index (κ1) is 19.8. The topological polar surface area (TPSA) is 64.7 Å². The number of carbonyl (C=O) groups is 1. The van der Waals surface area contributed by atoms with Crippen LogP contribution < -0.4 is 4.90 Å². The second kappa shape index (κ2) is 8.55. The van der Waals surface area contributed by atoms with E-state index in [4.69, 9.17) is 9.72 Å². The van der Waals surface area contributed by atoms with Gasteiger partial charge in [0.15, 0.2) is 0 Å². The summed E-state index contributed by atoms with van der Waals surface area (Å²) in [6.07, 6.45) is 9.48. The number of ether oxygens (including phenoxy) is 1. The van der Waals surface area contributed by atoms with Crippen LogP contribution in [0.4, 0.5) is 5.82 Å². The Morgan fingerprint density at radius 2 is 1.77 bits per heavy atom. The maximum absolute atomic E-state index is 12.9. The van der Waals surface area contributed by atoms with Crippen molar-refractivity contribution < 1.29 is 9.53 Å². The average molecular weight is 412 g/mol. The van der Waals surface area contributed by atoms with Crippen LogP contribution in [0.3, 0.4) is 0 Å². The number of piperazine rings is 1. The molecule has 1 saturated carbocycles. The van der Waals surface area contributed by atoms with Crippen LogP contribution >= 0.6 is 0 Å². The van der Waals surface area contributed by atoms with Gasteiger partial charge in [0.05, 0.1) is 17.8 Å². The Bertz CT molecular complexity index is 875. The van der Waals surface area contributed by atoms with Crippen molar-refractivity contribution >= 4 is 22.6 Å². The Morgan fingerprint density at radius 3 is 2.47 bits per heavy atom. The molecule has 30 heavy (non-hydrogen) atoms. The number of anilines is 1. The minimum Gasteiger partial charge on any atom is -0.381 e. The van der Waals surface area contributed by atoms with E-state index in [1.54, 1.807) is 7.11 Å². The summed E-state index contributed by atoms with van der Waals surface area (Å²) in [5, 5.41) is 1.06. The molecule has 162 valence electrons. The molecule has 2 aliphatic heterocycles. The monoisotopic (exact) mass is 411 g/mol. The highest BCUT2D eigenvalue weighted by molar-refractivity contribution is 5.98. The van der Waals surface area contributed by atoms with Crippen molar-refractivity contribution in [3.63, 3.8) is 0 Å². The lowest BCUT2D eigenvalue weighted by molar-refractivity contribution is 0.0348. The summed E-state index contributed by atoms with van der Waals surface area (Å²) >= 11 is 0. The third-order valence-corrected chi connectivity index (χ3v) is 7.26. The standard InChI is InChI=1S/C23H33N5O2/c1-30-19-6-8-28(9-7-19)23(29)20-14-17-15-22(24-16-21(17)25-20)27-12-10-26(11-13-27)18-4-2-3-5-18/h14-16,18-19,25H,2-13H2,1H3. The Balaban J connectivity index is 1.25. The summed E-state index contributed by atoms with van der Waals surface area (Å²) in [4.78, 5) is 27.9.